The van der Waals surface area contributed by atoms with Crippen molar-refractivity contribution in [2.75, 3.05) is 19.6 Å². The summed E-state index contributed by atoms with van der Waals surface area (Å²) in [5.41, 5.74) is 0.713. The Bertz CT molecular complexity index is 470. The highest BCUT2D eigenvalue weighted by molar-refractivity contribution is 5.79. The molecular weight excluding hydrogens is 268 g/mol. The van der Waals surface area contributed by atoms with E-state index in [1.807, 2.05) is 6.07 Å². The number of carboxylic acids is 1. The predicted octanol–water partition coefficient (Wildman–Crippen LogP) is 1.36. The van der Waals surface area contributed by atoms with Gasteiger partial charge in [-0.3, -0.25) is 9.59 Å². The first kappa shape index (κ1) is 15.5. The Morgan fingerprint density at radius 3 is 2.71 bits per heavy atom. The van der Waals surface area contributed by atoms with Gasteiger partial charge in [0.1, 0.15) is 0 Å². The second kappa shape index (κ2) is 7.78. The molecule has 1 aromatic carbocycles. The van der Waals surface area contributed by atoms with Gasteiger partial charge in [0.05, 0.1) is 5.92 Å². The number of hydrogen-bond acceptors (Lipinski definition) is 3. The molecule has 0 aromatic heterocycles. The van der Waals surface area contributed by atoms with Crippen molar-refractivity contribution in [3.05, 3.63) is 35.9 Å². The van der Waals surface area contributed by atoms with E-state index >= 15 is 0 Å². The van der Waals surface area contributed by atoms with Crippen molar-refractivity contribution < 1.29 is 14.7 Å². The molecule has 2 rings (SSSR count). The molecule has 0 radical (unpaired) electrons. The lowest BCUT2D eigenvalue weighted by molar-refractivity contribution is -0.138. The van der Waals surface area contributed by atoms with Crippen LogP contribution in [0.25, 0.3) is 0 Å². The molecule has 1 aromatic rings. The van der Waals surface area contributed by atoms with Gasteiger partial charge in [-0.05, 0) is 37.4 Å². The summed E-state index contributed by atoms with van der Waals surface area (Å²) in [5.74, 6) is -1.10. The number of rotatable bonds is 7. The fraction of sp³-hybridized carbons (Fsp3) is 0.500. The van der Waals surface area contributed by atoms with Gasteiger partial charge in [0.2, 0.25) is 5.91 Å². The summed E-state index contributed by atoms with van der Waals surface area (Å²) in [6.45, 7) is 2.15. The number of carboxylic acid groups (broad SMARTS) is 1. The molecule has 1 saturated heterocycles. The average molecular weight is 290 g/mol. The summed E-state index contributed by atoms with van der Waals surface area (Å²) in [6.07, 6.45) is 2.45. The SMILES string of the molecule is O=C(CCC1CCNC1)NCC(C(=O)O)c1ccccc1. The minimum atomic E-state index is -0.915. The summed E-state index contributed by atoms with van der Waals surface area (Å²) in [6, 6.07) is 9.00. The Kier molecular flexibility index (Phi) is 5.75. The van der Waals surface area contributed by atoms with E-state index in [0.717, 1.165) is 25.9 Å². The van der Waals surface area contributed by atoms with E-state index in [4.69, 9.17) is 0 Å². The van der Waals surface area contributed by atoms with Gasteiger partial charge in [0.15, 0.2) is 0 Å². The lowest BCUT2D eigenvalue weighted by atomic mass is 9.99. The van der Waals surface area contributed by atoms with E-state index in [1.165, 1.54) is 0 Å². The summed E-state index contributed by atoms with van der Waals surface area (Å²) in [5, 5.41) is 15.3. The minimum absolute atomic E-state index is 0.0657. The zero-order valence-corrected chi connectivity index (χ0v) is 12.0. The van der Waals surface area contributed by atoms with Crippen LogP contribution in [0.2, 0.25) is 0 Å². The molecule has 5 heteroatoms. The summed E-state index contributed by atoms with van der Waals surface area (Å²) >= 11 is 0. The molecule has 5 nitrogen and oxygen atoms in total. The van der Waals surface area contributed by atoms with Crippen LogP contribution in [0.1, 0.15) is 30.7 Å². The van der Waals surface area contributed by atoms with Crippen molar-refractivity contribution in [2.24, 2.45) is 5.92 Å². The maximum absolute atomic E-state index is 11.8. The molecule has 3 N–H and O–H groups in total. The van der Waals surface area contributed by atoms with Gasteiger partial charge in [-0.1, -0.05) is 30.3 Å². The number of aliphatic carboxylic acids is 1. The number of nitrogens with one attached hydrogen (secondary N) is 2. The molecular formula is C16H22N2O3. The van der Waals surface area contributed by atoms with Crippen LogP contribution in [-0.4, -0.2) is 36.6 Å². The van der Waals surface area contributed by atoms with Crippen LogP contribution >= 0.6 is 0 Å². The number of hydrogen-bond donors (Lipinski definition) is 3. The van der Waals surface area contributed by atoms with E-state index in [9.17, 15) is 14.7 Å². The van der Waals surface area contributed by atoms with Gasteiger partial charge in [0, 0.05) is 13.0 Å². The van der Waals surface area contributed by atoms with Crippen molar-refractivity contribution >= 4 is 11.9 Å². The number of benzene rings is 1. The van der Waals surface area contributed by atoms with Crippen LogP contribution in [0.3, 0.4) is 0 Å². The van der Waals surface area contributed by atoms with Crippen molar-refractivity contribution in [1.29, 1.82) is 0 Å². The highest BCUT2D eigenvalue weighted by Gasteiger charge is 2.21. The van der Waals surface area contributed by atoms with Crippen molar-refractivity contribution in [2.45, 2.75) is 25.2 Å². The first-order chi connectivity index (χ1) is 10.2. The summed E-state index contributed by atoms with van der Waals surface area (Å²) in [4.78, 5) is 23.2. The standard InChI is InChI=1S/C16H22N2O3/c19-15(7-6-12-8-9-17-10-12)18-11-14(16(20)21)13-4-2-1-3-5-13/h1-5,12,14,17H,6-11H2,(H,18,19)(H,20,21). The molecule has 0 spiro atoms. The van der Waals surface area contributed by atoms with Gasteiger partial charge in [-0.2, -0.15) is 0 Å². The van der Waals surface area contributed by atoms with E-state index in [1.54, 1.807) is 24.3 Å². The van der Waals surface area contributed by atoms with Crippen LogP contribution in [0, 0.1) is 5.92 Å². The van der Waals surface area contributed by atoms with Gasteiger partial charge in [-0.15, -0.1) is 0 Å². The number of amides is 1. The molecule has 0 saturated carbocycles. The Hall–Kier alpha value is -1.88. The monoisotopic (exact) mass is 290 g/mol. The molecule has 1 aliphatic heterocycles. The smallest absolute Gasteiger partial charge is 0.312 e. The normalized spacial score (nSPS) is 19.1. The zero-order valence-electron chi connectivity index (χ0n) is 12.0. The first-order valence-electron chi connectivity index (χ1n) is 7.42. The maximum Gasteiger partial charge on any atom is 0.312 e. The third-order valence-corrected chi connectivity index (χ3v) is 3.95. The van der Waals surface area contributed by atoms with Crippen LogP contribution < -0.4 is 10.6 Å². The first-order valence-corrected chi connectivity index (χ1v) is 7.42. The van der Waals surface area contributed by atoms with Gasteiger partial charge in [0.25, 0.3) is 0 Å². The fourth-order valence-corrected chi connectivity index (χ4v) is 2.63. The molecule has 114 valence electrons. The molecule has 1 fully saturated rings. The second-order valence-electron chi connectivity index (χ2n) is 5.50. The largest absolute Gasteiger partial charge is 0.481 e. The maximum atomic E-state index is 11.8. The molecule has 1 heterocycles. The zero-order chi connectivity index (χ0) is 15.1. The number of carbonyl (C=O) groups is 2. The molecule has 0 bridgehead atoms. The lowest BCUT2D eigenvalue weighted by Gasteiger charge is -2.14. The van der Waals surface area contributed by atoms with Gasteiger partial charge < -0.3 is 15.7 Å². The lowest BCUT2D eigenvalue weighted by Crippen LogP contribution is -2.31. The average Bonchev–Trinajstić information content (AvgIpc) is 2.99. The third-order valence-electron chi connectivity index (χ3n) is 3.95. The highest BCUT2D eigenvalue weighted by atomic mass is 16.4. The van der Waals surface area contributed by atoms with E-state index < -0.39 is 11.9 Å². The molecule has 1 aliphatic rings. The Balaban J connectivity index is 1.78. The predicted molar refractivity (Wildman–Crippen MR) is 80.0 cm³/mol. The van der Waals surface area contributed by atoms with E-state index in [2.05, 4.69) is 10.6 Å². The Morgan fingerprint density at radius 1 is 1.33 bits per heavy atom. The molecule has 2 unspecified atom stereocenters. The summed E-state index contributed by atoms with van der Waals surface area (Å²) in [7, 11) is 0. The fourth-order valence-electron chi connectivity index (χ4n) is 2.63. The van der Waals surface area contributed by atoms with Crippen LogP contribution in [0.4, 0.5) is 0 Å². The Morgan fingerprint density at radius 2 is 2.10 bits per heavy atom. The van der Waals surface area contributed by atoms with Crippen molar-refractivity contribution in [3.8, 4) is 0 Å². The van der Waals surface area contributed by atoms with Crippen molar-refractivity contribution in [1.82, 2.24) is 10.6 Å². The highest BCUT2D eigenvalue weighted by Crippen LogP contribution is 2.16. The van der Waals surface area contributed by atoms with Crippen LogP contribution in [0.5, 0.6) is 0 Å². The van der Waals surface area contributed by atoms with Gasteiger partial charge >= 0.3 is 5.97 Å². The molecule has 0 aliphatic carbocycles. The van der Waals surface area contributed by atoms with E-state index in [-0.39, 0.29) is 12.5 Å². The molecule has 2 atom stereocenters. The minimum Gasteiger partial charge on any atom is -0.481 e. The number of carbonyl (C=O) groups excluding carboxylic acids is 1. The quantitative estimate of drug-likeness (QED) is 0.708. The second-order valence-corrected chi connectivity index (χ2v) is 5.50. The third kappa shape index (κ3) is 4.86. The Labute approximate surface area is 124 Å². The molecule has 1 amide bonds. The molecule has 21 heavy (non-hydrogen) atoms. The van der Waals surface area contributed by atoms with Crippen LogP contribution in [-0.2, 0) is 9.59 Å². The topological polar surface area (TPSA) is 78.4 Å². The summed E-state index contributed by atoms with van der Waals surface area (Å²) < 4.78 is 0. The van der Waals surface area contributed by atoms with Crippen LogP contribution in [0.15, 0.2) is 30.3 Å². The van der Waals surface area contributed by atoms with Gasteiger partial charge in [-0.25, -0.2) is 0 Å². The van der Waals surface area contributed by atoms with E-state index in [0.29, 0.717) is 17.9 Å². The van der Waals surface area contributed by atoms with Crippen molar-refractivity contribution in [3.63, 3.8) is 0 Å².